The summed E-state index contributed by atoms with van der Waals surface area (Å²) in [6, 6.07) is 6.77. The minimum Gasteiger partial charge on any atom is -0.484 e. The zero-order valence-electron chi connectivity index (χ0n) is 14.2. The molecule has 0 aliphatic heterocycles. The number of aromatic nitrogens is 2. The Labute approximate surface area is 156 Å². The molecule has 0 bridgehead atoms. The van der Waals surface area contributed by atoms with Crippen LogP contribution in [0.3, 0.4) is 0 Å². The summed E-state index contributed by atoms with van der Waals surface area (Å²) in [5.41, 5.74) is 0.550. The van der Waals surface area contributed by atoms with Crippen LogP contribution in [0.5, 0.6) is 5.75 Å². The highest BCUT2D eigenvalue weighted by molar-refractivity contribution is 6.30. The molecule has 138 valence electrons. The van der Waals surface area contributed by atoms with Crippen molar-refractivity contribution in [3.63, 3.8) is 0 Å². The number of nitrogens with one attached hydrogen (secondary N) is 1. The standard InChI is InChI=1S/C18H20ClN3O4/c1-11(20-16(24)10-25-15-5-3-13(19)4-6-15)2-7-17-21-22-18(26-17)12-8-14(23)9-12/h3-6,12,14,23H,1-2,7-10H2,(H,20,24)/t12-,14+. The van der Waals surface area contributed by atoms with E-state index in [0.717, 1.165) is 0 Å². The van der Waals surface area contributed by atoms with E-state index in [9.17, 15) is 9.90 Å². The van der Waals surface area contributed by atoms with Gasteiger partial charge in [-0.05, 0) is 43.5 Å². The molecule has 1 fully saturated rings. The number of carbonyl (C=O) groups is 1. The molecule has 1 aliphatic rings. The highest BCUT2D eigenvalue weighted by atomic mass is 35.5. The molecule has 1 aliphatic carbocycles. The van der Waals surface area contributed by atoms with Gasteiger partial charge in [-0.2, -0.15) is 0 Å². The zero-order chi connectivity index (χ0) is 18.5. The SMILES string of the molecule is C=C(CCc1nnc([C@H]2C[C@@H](O)C2)o1)NC(=O)COc1ccc(Cl)cc1. The lowest BCUT2D eigenvalue weighted by atomic mass is 9.82. The van der Waals surface area contributed by atoms with Gasteiger partial charge in [0.15, 0.2) is 6.61 Å². The molecule has 8 heteroatoms. The largest absolute Gasteiger partial charge is 0.484 e. The fraction of sp³-hybridized carbons (Fsp3) is 0.389. The minimum absolute atomic E-state index is 0.116. The Bertz CT molecular complexity index is 769. The Balaban J connectivity index is 1.37. The van der Waals surface area contributed by atoms with Crippen molar-refractivity contribution >= 4 is 17.5 Å². The minimum atomic E-state index is -0.292. The van der Waals surface area contributed by atoms with Crippen molar-refractivity contribution in [3.8, 4) is 5.75 Å². The number of hydrogen-bond acceptors (Lipinski definition) is 6. The maximum Gasteiger partial charge on any atom is 0.262 e. The van der Waals surface area contributed by atoms with Gasteiger partial charge in [-0.1, -0.05) is 18.2 Å². The number of aliphatic hydroxyl groups excluding tert-OH is 1. The normalized spacial score (nSPS) is 18.8. The van der Waals surface area contributed by atoms with Crippen molar-refractivity contribution in [2.45, 2.75) is 37.7 Å². The van der Waals surface area contributed by atoms with E-state index in [2.05, 4.69) is 22.1 Å². The third-order valence-corrected chi connectivity index (χ3v) is 4.34. The summed E-state index contributed by atoms with van der Waals surface area (Å²) in [7, 11) is 0. The topological polar surface area (TPSA) is 97.5 Å². The molecule has 26 heavy (non-hydrogen) atoms. The number of halogens is 1. The molecule has 2 N–H and O–H groups in total. The van der Waals surface area contributed by atoms with Crippen molar-refractivity contribution in [1.82, 2.24) is 15.5 Å². The number of carbonyl (C=O) groups excluding carboxylic acids is 1. The van der Waals surface area contributed by atoms with Crippen LogP contribution in [0.1, 0.15) is 37.0 Å². The van der Waals surface area contributed by atoms with E-state index in [4.69, 9.17) is 20.8 Å². The summed E-state index contributed by atoms with van der Waals surface area (Å²) in [6.07, 6.45) is 2.04. The van der Waals surface area contributed by atoms with Gasteiger partial charge in [0, 0.05) is 23.1 Å². The number of nitrogens with zero attached hydrogens (tertiary/aromatic N) is 2. The number of amides is 1. The fourth-order valence-corrected chi connectivity index (χ4v) is 2.68. The van der Waals surface area contributed by atoms with Gasteiger partial charge in [0.05, 0.1) is 6.10 Å². The molecule has 0 radical (unpaired) electrons. The Morgan fingerprint density at radius 3 is 2.77 bits per heavy atom. The number of ether oxygens (including phenoxy) is 1. The molecule has 3 rings (SSSR count). The zero-order valence-corrected chi connectivity index (χ0v) is 14.9. The second-order valence-electron chi connectivity index (χ2n) is 6.25. The first kappa shape index (κ1) is 18.4. The highest BCUT2D eigenvalue weighted by Crippen LogP contribution is 2.35. The molecule has 0 atom stereocenters. The first-order chi connectivity index (χ1) is 12.5. The molecule has 0 saturated heterocycles. The first-order valence-electron chi connectivity index (χ1n) is 8.36. The summed E-state index contributed by atoms with van der Waals surface area (Å²) >= 11 is 5.79. The van der Waals surface area contributed by atoms with E-state index in [-0.39, 0.29) is 24.5 Å². The smallest absolute Gasteiger partial charge is 0.262 e. The quantitative estimate of drug-likeness (QED) is 0.733. The number of allylic oxidation sites excluding steroid dienone is 1. The number of aliphatic hydroxyl groups is 1. The van der Waals surface area contributed by atoms with Gasteiger partial charge in [-0.3, -0.25) is 4.79 Å². The van der Waals surface area contributed by atoms with Crippen LogP contribution in [-0.2, 0) is 11.2 Å². The average molecular weight is 378 g/mol. The molecule has 1 saturated carbocycles. The van der Waals surface area contributed by atoms with Crippen LogP contribution in [0.15, 0.2) is 41.0 Å². The van der Waals surface area contributed by atoms with Gasteiger partial charge < -0.3 is 19.6 Å². The number of hydrogen-bond donors (Lipinski definition) is 2. The summed E-state index contributed by atoms with van der Waals surface area (Å²) in [4.78, 5) is 11.9. The first-order valence-corrected chi connectivity index (χ1v) is 8.73. The van der Waals surface area contributed by atoms with E-state index < -0.39 is 0 Å². The Hall–Kier alpha value is -2.38. The van der Waals surface area contributed by atoms with Crippen LogP contribution in [-0.4, -0.2) is 33.9 Å². The molecule has 1 amide bonds. The predicted octanol–water partition coefficient (Wildman–Crippen LogP) is 2.60. The summed E-state index contributed by atoms with van der Waals surface area (Å²) in [6.45, 7) is 3.71. The summed E-state index contributed by atoms with van der Waals surface area (Å²) in [5, 5.41) is 20.6. The van der Waals surface area contributed by atoms with Gasteiger partial charge in [0.2, 0.25) is 11.8 Å². The Kier molecular flexibility index (Phi) is 5.90. The molecule has 2 aromatic rings. The van der Waals surface area contributed by atoms with Crippen LogP contribution in [0, 0.1) is 0 Å². The van der Waals surface area contributed by atoms with E-state index >= 15 is 0 Å². The second-order valence-corrected chi connectivity index (χ2v) is 6.69. The number of aryl methyl sites for hydroxylation is 1. The third kappa shape index (κ3) is 5.06. The van der Waals surface area contributed by atoms with E-state index in [1.54, 1.807) is 24.3 Å². The molecule has 1 aromatic carbocycles. The molecule has 0 unspecified atom stereocenters. The van der Waals surface area contributed by atoms with Gasteiger partial charge in [0.25, 0.3) is 5.91 Å². The molecule has 1 aromatic heterocycles. The van der Waals surface area contributed by atoms with Gasteiger partial charge >= 0.3 is 0 Å². The van der Waals surface area contributed by atoms with Crippen LogP contribution in [0.25, 0.3) is 0 Å². The lowest BCUT2D eigenvalue weighted by molar-refractivity contribution is -0.122. The molecule has 1 heterocycles. The summed E-state index contributed by atoms with van der Waals surface area (Å²) < 4.78 is 11.0. The Morgan fingerprint density at radius 1 is 1.35 bits per heavy atom. The predicted molar refractivity (Wildman–Crippen MR) is 94.8 cm³/mol. The molecular weight excluding hydrogens is 358 g/mol. The molecular formula is C18H20ClN3O4. The van der Waals surface area contributed by atoms with Gasteiger partial charge in [-0.15, -0.1) is 10.2 Å². The van der Waals surface area contributed by atoms with Crippen LogP contribution >= 0.6 is 11.6 Å². The maximum atomic E-state index is 11.9. The van der Waals surface area contributed by atoms with Crippen molar-refractivity contribution in [3.05, 3.63) is 53.3 Å². The molecule has 0 spiro atoms. The van der Waals surface area contributed by atoms with Gasteiger partial charge in [-0.25, -0.2) is 0 Å². The van der Waals surface area contributed by atoms with E-state index in [0.29, 0.717) is 53.9 Å². The lowest BCUT2D eigenvalue weighted by Crippen LogP contribution is -2.28. The highest BCUT2D eigenvalue weighted by Gasteiger charge is 2.32. The van der Waals surface area contributed by atoms with E-state index in [1.165, 1.54) is 0 Å². The van der Waals surface area contributed by atoms with Crippen molar-refractivity contribution in [2.24, 2.45) is 0 Å². The maximum absolute atomic E-state index is 11.9. The van der Waals surface area contributed by atoms with Crippen LogP contribution in [0.4, 0.5) is 0 Å². The average Bonchev–Trinajstić information content (AvgIpc) is 3.05. The van der Waals surface area contributed by atoms with Crippen LogP contribution < -0.4 is 10.1 Å². The van der Waals surface area contributed by atoms with Gasteiger partial charge in [0.1, 0.15) is 5.75 Å². The second kappa shape index (κ2) is 8.33. The fourth-order valence-electron chi connectivity index (χ4n) is 2.56. The van der Waals surface area contributed by atoms with E-state index in [1.807, 2.05) is 0 Å². The lowest BCUT2D eigenvalue weighted by Gasteiger charge is -2.27. The molecule has 7 nitrogen and oxygen atoms in total. The number of rotatable bonds is 8. The Morgan fingerprint density at radius 2 is 2.08 bits per heavy atom. The third-order valence-electron chi connectivity index (χ3n) is 4.09. The van der Waals surface area contributed by atoms with Crippen molar-refractivity contribution in [2.75, 3.05) is 6.61 Å². The monoisotopic (exact) mass is 377 g/mol. The number of benzene rings is 1. The summed E-state index contributed by atoms with van der Waals surface area (Å²) in [5.74, 6) is 1.49. The van der Waals surface area contributed by atoms with Crippen LogP contribution in [0.2, 0.25) is 5.02 Å². The van der Waals surface area contributed by atoms with Crippen molar-refractivity contribution < 1.29 is 19.1 Å². The van der Waals surface area contributed by atoms with Crippen molar-refractivity contribution in [1.29, 1.82) is 0 Å².